The summed E-state index contributed by atoms with van der Waals surface area (Å²) in [4.78, 5) is 34.4. The molecule has 0 radical (unpaired) electrons. The van der Waals surface area contributed by atoms with E-state index in [1.165, 1.54) is 0 Å². The second kappa shape index (κ2) is 8.67. The van der Waals surface area contributed by atoms with Gasteiger partial charge in [-0.1, -0.05) is 42.5 Å². The van der Waals surface area contributed by atoms with Crippen LogP contribution in [-0.2, 0) is 18.4 Å². The van der Waals surface area contributed by atoms with E-state index < -0.39 is 5.54 Å². The predicted molar refractivity (Wildman–Crippen MR) is 145 cm³/mol. The maximum Gasteiger partial charge on any atom is 0.224 e. The molecule has 4 heterocycles. The molecule has 0 saturated carbocycles. The van der Waals surface area contributed by atoms with Gasteiger partial charge in [-0.2, -0.15) is 19.9 Å². The molecule has 2 aromatic carbocycles. The topological polar surface area (TPSA) is 233 Å². The molecule has 0 bridgehead atoms. The minimum absolute atomic E-state index is 0.0286. The maximum atomic E-state index is 7.26. The highest BCUT2D eigenvalue weighted by Gasteiger charge is 2.32. The van der Waals surface area contributed by atoms with Gasteiger partial charge in [0.05, 0.1) is 29.3 Å². The van der Waals surface area contributed by atoms with Gasteiger partial charge in [0.1, 0.15) is 0 Å². The van der Waals surface area contributed by atoms with E-state index in [-0.39, 0.29) is 23.5 Å². The Labute approximate surface area is 215 Å². The number of hydrogen-bond acceptors (Lipinski definition) is 13. The summed E-state index contributed by atoms with van der Waals surface area (Å²) in [6.07, 6.45) is 3.81. The molecule has 0 atom stereocenters. The van der Waals surface area contributed by atoms with Gasteiger partial charge in [0.15, 0.2) is 34.0 Å². The number of fused-ring (bicyclic) bond motifs is 3. The van der Waals surface area contributed by atoms with E-state index in [0.717, 1.165) is 16.3 Å². The molecule has 0 aliphatic rings. The van der Waals surface area contributed by atoms with Crippen molar-refractivity contribution in [2.45, 2.75) is 18.4 Å². The highest BCUT2D eigenvalue weighted by atomic mass is 15.1. The molecule has 38 heavy (non-hydrogen) atoms. The molecule has 6 aromatic rings. The Morgan fingerprint density at radius 1 is 0.605 bits per heavy atom. The first-order valence-electron chi connectivity index (χ1n) is 11.7. The van der Waals surface area contributed by atoms with Crippen molar-refractivity contribution in [1.82, 2.24) is 39.9 Å². The van der Waals surface area contributed by atoms with Crippen LogP contribution in [0.25, 0.3) is 33.1 Å². The normalized spacial score (nSPS) is 11.9. The second-order valence-corrected chi connectivity index (χ2v) is 9.04. The number of nitrogens with two attached hydrogens (primary N) is 5. The number of nitrogens with zero attached hydrogens (tertiary/aromatic N) is 8. The van der Waals surface area contributed by atoms with E-state index in [4.69, 9.17) is 28.7 Å². The fourth-order valence-electron chi connectivity index (χ4n) is 4.69. The van der Waals surface area contributed by atoms with Crippen LogP contribution >= 0.6 is 0 Å². The first-order chi connectivity index (χ1) is 18.3. The van der Waals surface area contributed by atoms with Crippen LogP contribution in [0.2, 0.25) is 0 Å². The number of anilines is 4. The van der Waals surface area contributed by atoms with E-state index in [1.54, 1.807) is 12.4 Å². The summed E-state index contributed by atoms with van der Waals surface area (Å²) in [7, 11) is 0. The molecule has 0 saturated heterocycles. The first-order valence-corrected chi connectivity index (χ1v) is 11.7. The second-order valence-electron chi connectivity index (χ2n) is 9.04. The highest BCUT2D eigenvalue weighted by molar-refractivity contribution is 5.87. The van der Waals surface area contributed by atoms with Crippen LogP contribution in [0.15, 0.2) is 54.9 Å². The lowest BCUT2D eigenvalue weighted by Gasteiger charge is -2.31. The van der Waals surface area contributed by atoms with Gasteiger partial charge in [-0.05, 0) is 16.3 Å². The molecular weight excluding hydrogens is 482 g/mol. The van der Waals surface area contributed by atoms with Crippen LogP contribution in [-0.4, -0.2) is 39.9 Å². The van der Waals surface area contributed by atoms with E-state index >= 15 is 0 Å². The van der Waals surface area contributed by atoms with Crippen molar-refractivity contribution in [3.05, 3.63) is 71.8 Å². The molecule has 0 spiro atoms. The minimum Gasteiger partial charge on any atom is -0.382 e. The third kappa shape index (κ3) is 4.06. The number of benzene rings is 2. The number of rotatable bonds is 5. The lowest BCUT2D eigenvalue weighted by Crippen LogP contribution is -2.42. The molecule has 6 rings (SSSR count). The van der Waals surface area contributed by atoms with Gasteiger partial charge in [-0.15, -0.1) is 0 Å². The molecule has 13 heteroatoms. The molecular formula is C25H23N13. The van der Waals surface area contributed by atoms with Gasteiger partial charge in [0.25, 0.3) is 0 Å². The number of aromatic nitrogens is 8. The van der Waals surface area contributed by atoms with Gasteiger partial charge in [-0.25, -0.2) is 19.9 Å². The van der Waals surface area contributed by atoms with Crippen molar-refractivity contribution >= 4 is 56.6 Å². The fraction of sp³-hybridized carbons (Fsp3) is 0.120. The summed E-state index contributed by atoms with van der Waals surface area (Å²) in [5.74, 6) is 0.344. The van der Waals surface area contributed by atoms with Crippen LogP contribution in [0, 0.1) is 0 Å². The van der Waals surface area contributed by atoms with Crippen molar-refractivity contribution in [3.63, 3.8) is 0 Å². The largest absolute Gasteiger partial charge is 0.382 e. The Morgan fingerprint density at radius 2 is 1.13 bits per heavy atom. The van der Waals surface area contributed by atoms with Gasteiger partial charge >= 0.3 is 0 Å². The Bertz CT molecular complexity index is 1760. The predicted octanol–water partition coefficient (Wildman–Crippen LogP) is 1.27. The molecule has 0 fully saturated rings. The van der Waals surface area contributed by atoms with E-state index in [9.17, 15) is 0 Å². The van der Waals surface area contributed by atoms with Gasteiger partial charge in [0.2, 0.25) is 11.9 Å². The molecule has 0 aliphatic carbocycles. The first kappa shape index (κ1) is 23.1. The van der Waals surface area contributed by atoms with Gasteiger partial charge < -0.3 is 28.7 Å². The third-order valence-electron chi connectivity index (χ3n) is 6.32. The van der Waals surface area contributed by atoms with Crippen LogP contribution in [0.3, 0.4) is 0 Å². The van der Waals surface area contributed by atoms with Crippen molar-refractivity contribution in [2.75, 3.05) is 22.9 Å². The van der Waals surface area contributed by atoms with Crippen LogP contribution in [0.4, 0.5) is 23.5 Å². The van der Waals surface area contributed by atoms with Crippen molar-refractivity contribution < 1.29 is 0 Å². The minimum atomic E-state index is -0.988. The highest BCUT2D eigenvalue weighted by Crippen LogP contribution is 2.33. The summed E-state index contributed by atoms with van der Waals surface area (Å²) in [5, 5.41) is 2.06. The Kier molecular flexibility index (Phi) is 5.28. The maximum absolute atomic E-state index is 7.26. The molecule has 4 aromatic heterocycles. The van der Waals surface area contributed by atoms with E-state index in [2.05, 4.69) is 39.9 Å². The standard InChI is InChI=1S/C25H23N13/c26-19-17-21(37-23(28)35-19)31-10-13(33-17)8-25(30,16-7-3-5-12-4-1-2-6-15(12)16)9-14-11-32-22-18(34-14)20(27)36-24(29)38-22/h1-7,10-11H,8-9,30H2,(H4,26,28,31,35,37)(H4,27,29,32,36,38). The van der Waals surface area contributed by atoms with Gasteiger partial charge in [0, 0.05) is 12.8 Å². The zero-order chi connectivity index (χ0) is 26.4. The molecule has 10 N–H and O–H groups in total. The molecule has 188 valence electrons. The van der Waals surface area contributed by atoms with Crippen molar-refractivity contribution in [2.24, 2.45) is 5.73 Å². The Balaban J connectivity index is 1.49. The zero-order valence-electron chi connectivity index (χ0n) is 20.1. The summed E-state index contributed by atoms with van der Waals surface area (Å²) >= 11 is 0. The zero-order valence-corrected chi connectivity index (χ0v) is 20.1. The Hall–Kier alpha value is -5.30. The smallest absolute Gasteiger partial charge is 0.224 e. The summed E-state index contributed by atoms with van der Waals surface area (Å²) < 4.78 is 0. The van der Waals surface area contributed by atoms with Crippen LogP contribution in [0.1, 0.15) is 17.0 Å². The monoisotopic (exact) mass is 505 g/mol. The molecule has 0 amide bonds. The van der Waals surface area contributed by atoms with Gasteiger partial charge in [-0.3, -0.25) is 0 Å². The SMILES string of the molecule is Nc1nc(N)c2nc(CC(N)(Cc3cnc4nc(N)nc(N)c4n3)c3cccc4ccccc34)cnc2n1. The Morgan fingerprint density at radius 3 is 1.71 bits per heavy atom. The van der Waals surface area contributed by atoms with E-state index in [0.29, 0.717) is 46.6 Å². The molecule has 0 aliphatic heterocycles. The summed E-state index contributed by atoms with van der Waals surface area (Å²) in [6, 6.07) is 14.0. The fourth-order valence-corrected chi connectivity index (χ4v) is 4.69. The lowest BCUT2D eigenvalue weighted by atomic mass is 9.80. The summed E-state index contributed by atoms with van der Waals surface area (Å²) in [6.45, 7) is 0. The van der Waals surface area contributed by atoms with Crippen molar-refractivity contribution in [1.29, 1.82) is 0 Å². The average molecular weight is 506 g/mol. The molecule has 0 unspecified atom stereocenters. The molecule has 13 nitrogen and oxygen atoms in total. The van der Waals surface area contributed by atoms with Crippen LogP contribution in [0.5, 0.6) is 0 Å². The summed E-state index contributed by atoms with van der Waals surface area (Å²) in [5.41, 5.74) is 33.2. The number of hydrogen-bond donors (Lipinski definition) is 5. The van der Waals surface area contributed by atoms with Crippen LogP contribution < -0.4 is 28.7 Å². The van der Waals surface area contributed by atoms with Crippen molar-refractivity contribution in [3.8, 4) is 0 Å². The quantitative estimate of drug-likeness (QED) is 0.222. The third-order valence-corrected chi connectivity index (χ3v) is 6.32. The lowest BCUT2D eigenvalue weighted by molar-refractivity contribution is 0.431. The van der Waals surface area contributed by atoms with E-state index in [1.807, 2.05) is 42.5 Å². The number of nitrogen functional groups attached to an aromatic ring is 4. The average Bonchev–Trinajstić information content (AvgIpc) is 2.89.